The highest BCUT2D eigenvalue weighted by Crippen LogP contribution is 2.21. The maximum atomic E-state index is 11.9. The first kappa shape index (κ1) is 16.9. The molecule has 0 fully saturated rings. The summed E-state index contributed by atoms with van der Waals surface area (Å²) >= 11 is 5.97. The van der Waals surface area contributed by atoms with Gasteiger partial charge in [-0.05, 0) is 54.6 Å². The third-order valence-corrected chi connectivity index (χ3v) is 3.63. The molecule has 0 atom stereocenters. The molecule has 0 aromatic heterocycles. The molecule has 126 valence electrons. The second-order valence-corrected chi connectivity index (χ2v) is 5.80. The number of hydrogen-bond donors (Lipinski definition) is 2. The number of para-hydroxylation sites is 1. The molecule has 4 nitrogen and oxygen atoms in total. The zero-order valence-electron chi connectivity index (χ0n) is 13.4. The van der Waals surface area contributed by atoms with Crippen molar-refractivity contribution in [2.24, 2.45) is 0 Å². The maximum Gasteiger partial charge on any atom is 0.262 e. The first-order valence-corrected chi connectivity index (χ1v) is 8.17. The predicted octanol–water partition coefficient (Wildman–Crippen LogP) is 5.10. The van der Waals surface area contributed by atoms with Crippen LogP contribution in [0.3, 0.4) is 0 Å². The van der Waals surface area contributed by atoms with E-state index in [1.54, 1.807) is 0 Å². The van der Waals surface area contributed by atoms with Crippen molar-refractivity contribution in [1.82, 2.24) is 0 Å². The highest BCUT2D eigenvalue weighted by molar-refractivity contribution is 6.30. The molecule has 0 aliphatic carbocycles. The van der Waals surface area contributed by atoms with Crippen LogP contribution in [0.5, 0.6) is 5.75 Å². The normalized spacial score (nSPS) is 10.1. The molecule has 0 bridgehead atoms. The van der Waals surface area contributed by atoms with E-state index in [9.17, 15) is 4.79 Å². The minimum absolute atomic E-state index is 0.0352. The first-order valence-electron chi connectivity index (χ1n) is 7.79. The van der Waals surface area contributed by atoms with Gasteiger partial charge in [-0.2, -0.15) is 0 Å². The van der Waals surface area contributed by atoms with Crippen LogP contribution in [0.25, 0.3) is 0 Å². The number of carbonyl (C=O) groups excluding carboxylic acids is 1. The van der Waals surface area contributed by atoms with E-state index in [0.717, 1.165) is 11.4 Å². The third kappa shape index (κ3) is 5.26. The Morgan fingerprint density at radius 2 is 1.56 bits per heavy atom. The number of anilines is 3. The molecule has 3 rings (SSSR count). The summed E-state index contributed by atoms with van der Waals surface area (Å²) < 4.78 is 5.42. The molecule has 1 amide bonds. The van der Waals surface area contributed by atoms with Crippen molar-refractivity contribution in [1.29, 1.82) is 0 Å². The number of amides is 1. The van der Waals surface area contributed by atoms with Crippen LogP contribution in [0.2, 0.25) is 5.02 Å². The number of ether oxygens (including phenoxy) is 1. The Hall–Kier alpha value is -2.98. The van der Waals surface area contributed by atoms with E-state index in [0.29, 0.717) is 16.5 Å². The van der Waals surface area contributed by atoms with Gasteiger partial charge in [0.2, 0.25) is 0 Å². The molecule has 2 N–H and O–H groups in total. The van der Waals surface area contributed by atoms with Gasteiger partial charge < -0.3 is 15.4 Å². The van der Waals surface area contributed by atoms with Crippen LogP contribution in [0.15, 0.2) is 78.9 Å². The standard InChI is InChI=1S/C20H17ClN2O2/c21-15-5-4-6-18(13-15)22-16-9-11-17(12-10-16)23-20(24)14-25-19-7-2-1-3-8-19/h1-13,22H,14H2,(H,23,24). The van der Waals surface area contributed by atoms with E-state index in [-0.39, 0.29) is 12.5 Å². The number of halogens is 1. The van der Waals surface area contributed by atoms with Gasteiger partial charge in [-0.25, -0.2) is 0 Å². The lowest BCUT2D eigenvalue weighted by Crippen LogP contribution is -2.20. The highest BCUT2D eigenvalue weighted by atomic mass is 35.5. The summed E-state index contributed by atoms with van der Waals surface area (Å²) in [5.41, 5.74) is 2.51. The van der Waals surface area contributed by atoms with E-state index < -0.39 is 0 Å². The Bertz CT molecular complexity index is 836. The molecule has 5 heteroatoms. The van der Waals surface area contributed by atoms with E-state index in [4.69, 9.17) is 16.3 Å². The fourth-order valence-electron chi connectivity index (χ4n) is 2.23. The van der Waals surface area contributed by atoms with Gasteiger partial charge in [-0.1, -0.05) is 35.9 Å². The number of hydrogen-bond acceptors (Lipinski definition) is 3. The summed E-state index contributed by atoms with van der Waals surface area (Å²) in [7, 11) is 0. The van der Waals surface area contributed by atoms with Crippen LogP contribution >= 0.6 is 11.6 Å². The van der Waals surface area contributed by atoms with Gasteiger partial charge in [-0.15, -0.1) is 0 Å². The van der Waals surface area contributed by atoms with Crippen molar-refractivity contribution in [3.63, 3.8) is 0 Å². The fraction of sp³-hybridized carbons (Fsp3) is 0.0500. The van der Waals surface area contributed by atoms with Gasteiger partial charge in [0.25, 0.3) is 5.91 Å². The molecule has 0 aliphatic rings. The van der Waals surface area contributed by atoms with Gasteiger partial charge >= 0.3 is 0 Å². The van der Waals surface area contributed by atoms with Gasteiger partial charge in [0.1, 0.15) is 5.75 Å². The Labute approximate surface area is 151 Å². The summed E-state index contributed by atoms with van der Waals surface area (Å²) in [6, 6.07) is 24.1. The largest absolute Gasteiger partial charge is 0.484 e. The lowest BCUT2D eigenvalue weighted by atomic mass is 10.2. The average molecular weight is 353 g/mol. The second kappa shape index (κ2) is 8.22. The number of benzene rings is 3. The summed E-state index contributed by atoms with van der Waals surface area (Å²) in [4.78, 5) is 11.9. The van der Waals surface area contributed by atoms with E-state index in [1.807, 2.05) is 78.9 Å². The molecule has 0 spiro atoms. The van der Waals surface area contributed by atoms with Crippen molar-refractivity contribution in [2.75, 3.05) is 17.2 Å². The zero-order valence-corrected chi connectivity index (χ0v) is 14.2. The van der Waals surface area contributed by atoms with Crippen LogP contribution in [0.4, 0.5) is 17.1 Å². The van der Waals surface area contributed by atoms with Crippen LogP contribution in [-0.2, 0) is 4.79 Å². The maximum absolute atomic E-state index is 11.9. The topological polar surface area (TPSA) is 50.4 Å². The molecule has 0 aliphatic heterocycles. The molecular weight excluding hydrogens is 336 g/mol. The molecule has 0 heterocycles. The van der Waals surface area contributed by atoms with Crippen molar-refractivity contribution in [3.8, 4) is 5.75 Å². The van der Waals surface area contributed by atoms with Crippen molar-refractivity contribution >= 4 is 34.6 Å². The number of carbonyl (C=O) groups is 1. The summed E-state index contributed by atoms with van der Waals surface area (Å²) in [5.74, 6) is 0.457. The first-order chi connectivity index (χ1) is 12.2. The molecule has 0 saturated heterocycles. The number of rotatable bonds is 6. The quantitative estimate of drug-likeness (QED) is 0.648. The zero-order chi connectivity index (χ0) is 17.5. The monoisotopic (exact) mass is 352 g/mol. The lowest BCUT2D eigenvalue weighted by molar-refractivity contribution is -0.118. The molecule has 0 unspecified atom stereocenters. The number of nitrogens with one attached hydrogen (secondary N) is 2. The minimum atomic E-state index is -0.209. The molecule has 3 aromatic rings. The SMILES string of the molecule is O=C(COc1ccccc1)Nc1ccc(Nc2cccc(Cl)c2)cc1. The summed E-state index contributed by atoms with van der Waals surface area (Å²) in [6.45, 7) is -0.0352. The van der Waals surface area contributed by atoms with Crippen LogP contribution in [0.1, 0.15) is 0 Å². The third-order valence-electron chi connectivity index (χ3n) is 3.40. The Morgan fingerprint density at radius 1 is 0.840 bits per heavy atom. The van der Waals surface area contributed by atoms with E-state index in [2.05, 4.69) is 10.6 Å². The van der Waals surface area contributed by atoms with Gasteiger partial charge in [0.15, 0.2) is 6.61 Å². The van der Waals surface area contributed by atoms with Crippen molar-refractivity contribution in [2.45, 2.75) is 0 Å². The Balaban J connectivity index is 1.52. The molecule has 0 radical (unpaired) electrons. The molecular formula is C20H17ClN2O2. The average Bonchev–Trinajstić information content (AvgIpc) is 2.63. The Kier molecular flexibility index (Phi) is 5.54. The van der Waals surface area contributed by atoms with Gasteiger partial charge in [-0.3, -0.25) is 4.79 Å². The minimum Gasteiger partial charge on any atom is -0.484 e. The van der Waals surface area contributed by atoms with Crippen LogP contribution in [0, 0.1) is 0 Å². The smallest absolute Gasteiger partial charge is 0.262 e. The summed E-state index contributed by atoms with van der Waals surface area (Å²) in [5, 5.41) is 6.72. The molecule has 3 aromatic carbocycles. The van der Waals surface area contributed by atoms with Gasteiger partial charge in [0.05, 0.1) is 0 Å². The Morgan fingerprint density at radius 3 is 2.28 bits per heavy atom. The van der Waals surface area contributed by atoms with E-state index >= 15 is 0 Å². The van der Waals surface area contributed by atoms with Gasteiger partial charge in [0, 0.05) is 22.1 Å². The van der Waals surface area contributed by atoms with E-state index in [1.165, 1.54) is 0 Å². The molecule has 0 saturated carbocycles. The van der Waals surface area contributed by atoms with Crippen molar-refractivity contribution < 1.29 is 9.53 Å². The fourth-order valence-corrected chi connectivity index (χ4v) is 2.42. The van der Waals surface area contributed by atoms with Crippen molar-refractivity contribution in [3.05, 3.63) is 83.9 Å². The highest BCUT2D eigenvalue weighted by Gasteiger charge is 2.04. The second-order valence-electron chi connectivity index (χ2n) is 5.36. The predicted molar refractivity (Wildman–Crippen MR) is 102 cm³/mol. The lowest BCUT2D eigenvalue weighted by Gasteiger charge is -2.10. The summed E-state index contributed by atoms with van der Waals surface area (Å²) in [6.07, 6.45) is 0. The molecule has 25 heavy (non-hydrogen) atoms. The van der Waals surface area contributed by atoms with Crippen LogP contribution < -0.4 is 15.4 Å². The van der Waals surface area contributed by atoms with Crippen LogP contribution in [-0.4, -0.2) is 12.5 Å².